The van der Waals surface area contributed by atoms with Gasteiger partial charge in [-0.2, -0.15) is 0 Å². The lowest BCUT2D eigenvalue weighted by molar-refractivity contribution is -0.126. The second-order valence-corrected chi connectivity index (χ2v) is 8.21. The van der Waals surface area contributed by atoms with Crippen LogP contribution in [0.4, 0.5) is 0 Å². The standard InChI is InChI=1S/C19H25ClN2O.ClH/c20-15-6-4-14(5-7-15)19(8-9-19)18(23)22-17-12-2-1-3-13(17)11-16(21)10-12;/h4-7,12-13,16-17H,1-3,8-11,21H2,(H,22,23);1H. The van der Waals surface area contributed by atoms with E-state index in [2.05, 4.69) is 5.32 Å². The Morgan fingerprint density at radius 2 is 1.71 bits per heavy atom. The highest BCUT2D eigenvalue weighted by Gasteiger charge is 2.52. The number of nitrogens with two attached hydrogens (primary N) is 1. The van der Waals surface area contributed by atoms with Crippen molar-refractivity contribution in [2.45, 2.75) is 62.4 Å². The fraction of sp³-hybridized carbons (Fsp3) is 0.632. The van der Waals surface area contributed by atoms with Crippen LogP contribution in [0.15, 0.2) is 24.3 Å². The van der Waals surface area contributed by atoms with Crippen LogP contribution in [0.3, 0.4) is 0 Å². The fourth-order valence-electron chi connectivity index (χ4n) is 4.86. The molecular formula is C19H26Cl2N2O. The third-order valence-corrected chi connectivity index (χ3v) is 6.51. The molecule has 0 aromatic heterocycles. The summed E-state index contributed by atoms with van der Waals surface area (Å²) < 4.78 is 0. The lowest BCUT2D eigenvalue weighted by Crippen LogP contribution is -2.55. The average Bonchev–Trinajstić information content (AvgIpc) is 3.30. The Bertz CT molecular complexity index is 586. The molecule has 3 aliphatic carbocycles. The van der Waals surface area contributed by atoms with E-state index >= 15 is 0 Å². The van der Waals surface area contributed by atoms with E-state index < -0.39 is 0 Å². The van der Waals surface area contributed by atoms with Crippen LogP contribution in [-0.2, 0) is 10.2 Å². The molecule has 1 aromatic carbocycles. The summed E-state index contributed by atoms with van der Waals surface area (Å²) in [7, 11) is 0. The Morgan fingerprint density at radius 1 is 1.12 bits per heavy atom. The Hall–Kier alpha value is -0.770. The highest BCUT2D eigenvalue weighted by atomic mass is 35.5. The van der Waals surface area contributed by atoms with Crippen LogP contribution in [0, 0.1) is 11.8 Å². The Morgan fingerprint density at radius 3 is 2.25 bits per heavy atom. The van der Waals surface area contributed by atoms with Gasteiger partial charge in [0.05, 0.1) is 5.41 Å². The van der Waals surface area contributed by atoms with E-state index in [9.17, 15) is 4.79 Å². The molecule has 3 fully saturated rings. The van der Waals surface area contributed by atoms with Gasteiger partial charge in [-0.15, -0.1) is 12.4 Å². The summed E-state index contributed by atoms with van der Waals surface area (Å²) in [4.78, 5) is 13.0. The maximum Gasteiger partial charge on any atom is 0.230 e. The van der Waals surface area contributed by atoms with Gasteiger partial charge in [0.25, 0.3) is 0 Å². The van der Waals surface area contributed by atoms with E-state index in [0.717, 1.165) is 36.3 Å². The van der Waals surface area contributed by atoms with Gasteiger partial charge in [-0.25, -0.2) is 0 Å². The van der Waals surface area contributed by atoms with Crippen LogP contribution in [0.2, 0.25) is 5.02 Å². The summed E-state index contributed by atoms with van der Waals surface area (Å²) >= 11 is 5.98. The van der Waals surface area contributed by atoms with Crippen LogP contribution in [0.1, 0.15) is 50.5 Å². The van der Waals surface area contributed by atoms with E-state index in [1.54, 1.807) is 0 Å². The number of halogens is 2. The molecule has 3 aliphatic rings. The minimum atomic E-state index is -0.307. The van der Waals surface area contributed by atoms with Crippen molar-refractivity contribution in [1.82, 2.24) is 5.32 Å². The smallest absolute Gasteiger partial charge is 0.230 e. The zero-order chi connectivity index (χ0) is 16.0. The number of hydrogen-bond acceptors (Lipinski definition) is 2. The third kappa shape index (κ3) is 3.18. The zero-order valence-electron chi connectivity index (χ0n) is 13.8. The number of carbonyl (C=O) groups excluding carboxylic acids is 1. The number of rotatable bonds is 3. The number of amides is 1. The first kappa shape index (κ1) is 18.0. The minimum Gasteiger partial charge on any atom is -0.352 e. The Labute approximate surface area is 155 Å². The second-order valence-electron chi connectivity index (χ2n) is 7.77. The van der Waals surface area contributed by atoms with Gasteiger partial charge in [-0.1, -0.05) is 30.2 Å². The molecule has 1 amide bonds. The maximum atomic E-state index is 13.0. The number of hydrogen-bond donors (Lipinski definition) is 2. The molecule has 0 heterocycles. The van der Waals surface area contributed by atoms with Crippen LogP contribution < -0.4 is 11.1 Å². The van der Waals surface area contributed by atoms with Crippen LogP contribution in [0.25, 0.3) is 0 Å². The van der Waals surface area contributed by atoms with Crippen molar-refractivity contribution in [2.75, 3.05) is 0 Å². The monoisotopic (exact) mass is 368 g/mol. The van der Waals surface area contributed by atoms with Crippen LogP contribution >= 0.6 is 24.0 Å². The second kappa shape index (κ2) is 6.86. The maximum absolute atomic E-state index is 13.0. The molecule has 5 heteroatoms. The normalized spacial score (nSPS) is 33.2. The Kier molecular flexibility index (Phi) is 5.15. The first-order chi connectivity index (χ1) is 11.1. The number of carbonyl (C=O) groups is 1. The lowest BCUT2D eigenvalue weighted by Gasteiger charge is -2.45. The summed E-state index contributed by atoms with van der Waals surface area (Å²) in [6.45, 7) is 0. The SMILES string of the molecule is Cl.NC1CC2CCCC(C1)C2NC(=O)C1(c2ccc(Cl)cc2)CC1. The summed E-state index contributed by atoms with van der Waals surface area (Å²) in [6, 6.07) is 8.45. The van der Waals surface area contributed by atoms with Crippen molar-refractivity contribution in [3.05, 3.63) is 34.9 Å². The average molecular weight is 369 g/mol. The molecule has 132 valence electrons. The van der Waals surface area contributed by atoms with Crippen molar-refractivity contribution < 1.29 is 4.79 Å². The van der Waals surface area contributed by atoms with Gasteiger partial charge >= 0.3 is 0 Å². The van der Waals surface area contributed by atoms with Crippen molar-refractivity contribution >= 4 is 29.9 Å². The quantitative estimate of drug-likeness (QED) is 0.851. The van der Waals surface area contributed by atoms with Crippen molar-refractivity contribution in [3.8, 4) is 0 Å². The molecule has 0 spiro atoms. The van der Waals surface area contributed by atoms with E-state index in [4.69, 9.17) is 17.3 Å². The van der Waals surface area contributed by atoms with Crippen molar-refractivity contribution in [2.24, 2.45) is 17.6 Å². The molecule has 3 nitrogen and oxygen atoms in total. The molecular weight excluding hydrogens is 343 g/mol. The first-order valence-corrected chi connectivity index (χ1v) is 9.29. The molecule has 2 bridgehead atoms. The molecule has 2 atom stereocenters. The number of nitrogens with one attached hydrogen (secondary N) is 1. The van der Waals surface area contributed by atoms with Gasteiger partial charge in [0, 0.05) is 17.1 Å². The predicted octanol–water partition coefficient (Wildman–Crippen LogP) is 3.82. The topological polar surface area (TPSA) is 55.1 Å². The molecule has 1 aromatic rings. The molecule has 2 unspecified atom stereocenters. The molecule has 0 radical (unpaired) electrons. The van der Waals surface area contributed by atoms with Crippen molar-refractivity contribution in [3.63, 3.8) is 0 Å². The molecule has 3 saturated carbocycles. The number of benzene rings is 1. The van der Waals surface area contributed by atoms with Gasteiger partial charge in [0.15, 0.2) is 0 Å². The van der Waals surface area contributed by atoms with E-state index in [1.807, 2.05) is 24.3 Å². The van der Waals surface area contributed by atoms with Gasteiger partial charge in [0.2, 0.25) is 5.91 Å². The molecule has 24 heavy (non-hydrogen) atoms. The molecule has 0 aliphatic heterocycles. The fourth-order valence-corrected chi connectivity index (χ4v) is 4.98. The minimum absolute atomic E-state index is 0. The summed E-state index contributed by atoms with van der Waals surface area (Å²) in [5, 5.41) is 4.15. The highest BCUT2D eigenvalue weighted by molar-refractivity contribution is 6.30. The van der Waals surface area contributed by atoms with E-state index in [0.29, 0.717) is 23.9 Å². The first-order valence-electron chi connectivity index (χ1n) is 8.91. The van der Waals surface area contributed by atoms with Crippen LogP contribution in [-0.4, -0.2) is 18.0 Å². The molecule has 0 saturated heterocycles. The summed E-state index contributed by atoms with van der Waals surface area (Å²) in [5.74, 6) is 1.36. The molecule has 3 N–H and O–H groups in total. The van der Waals surface area contributed by atoms with Gasteiger partial charge in [-0.05, 0) is 68.1 Å². The largest absolute Gasteiger partial charge is 0.352 e. The number of fused-ring (bicyclic) bond motifs is 2. The zero-order valence-corrected chi connectivity index (χ0v) is 15.4. The summed E-state index contributed by atoms with van der Waals surface area (Å²) in [5.41, 5.74) is 7.00. The van der Waals surface area contributed by atoms with E-state index in [1.165, 1.54) is 19.3 Å². The van der Waals surface area contributed by atoms with Gasteiger partial charge in [0.1, 0.15) is 0 Å². The lowest BCUT2D eigenvalue weighted by atomic mass is 9.67. The summed E-state index contributed by atoms with van der Waals surface area (Å²) in [6.07, 6.45) is 7.73. The molecule has 4 rings (SSSR count). The predicted molar refractivity (Wildman–Crippen MR) is 99.6 cm³/mol. The van der Waals surface area contributed by atoms with Gasteiger partial charge < -0.3 is 11.1 Å². The van der Waals surface area contributed by atoms with Gasteiger partial charge in [-0.3, -0.25) is 4.79 Å². The highest BCUT2D eigenvalue weighted by Crippen LogP contribution is 2.49. The Balaban J connectivity index is 0.00000169. The van der Waals surface area contributed by atoms with Crippen LogP contribution in [0.5, 0.6) is 0 Å². The van der Waals surface area contributed by atoms with Crippen molar-refractivity contribution in [1.29, 1.82) is 0 Å². The third-order valence-electron chi connectivity index (χ3n) is 6.26. The van der Waals surface area contributed by atoms with E-state index in [-0.39, 0.29) is 23.7 Å².